The Morgan fingerprint density at radius 1 is 1.33 bits per heavy atom. The lowest BCUT2D eigenvalue weighted by Crippen LogP contribution is -2.14. The highest BCUT2D eigenvalue weighted by Crippen LogP contribution is 2.07. The number of carbonyl (C=O) groups is 1. The summed E-state index contributed by atoms with van der Waals surface area (Å²) in [5.74, 6) is 0.238. The molecule has 18 heavy (non-hydrogen) atoms. The average Bonchev–Trinajstić information content (AvgIpc) is 2.28. The fourth-order valence-corrected chi connectivity index (χ4v) is 1.45. The predicted molar refractivity (Wildman–Crippen MR) is 71.2 cm³/mol. The van der Waals surface area contributed by atoms with Gasteiger partial charge in [-0.15, -0.1) is 0 Å². The molecule has 0 amide bonds. The molecule has 0 radical (unpaired) electrons. The zero-order valence-corrected chi connectivity index (χ0v) is 11.0. The summed E-state index contributed by atoms with van der Waals surface area (Å²) >= 11 is 0. The molecule has 0 fully saturated rings. The first-order chi connectivity index (χ1) is 8.58. The van der Waals surface area contributed by atoms with Gasteiger partial charge in [0.05, 0.1) is 13.0 Å². The second kappa shape index (κ2) is 7.71. The number of anilines is 1. The quantitative estimate of drug-likeness (QED) is 0.457. The Balaban J connectivity index is 2.18. The van der Waals surface area contributed by atoms with Crippen molar-refractivity contribution in [3.8, 4) is 0 Å². The van der Waals surface area contributed by atoms with Crippen LogP contribution in [0.15, 0.2) is 24.3 Å². The summed E-state index contributed by atoms with van der Waals surface area (Å²) in [5.41, 5.74) is 7.15. The summed E-state index contributed by atoms with van der Waals surface area (Å²) in [5, 5.41) is 0. The number of nitrogen functional groups attached to an aromatic ring is 1. The molecule has 0 aliphatic carbocycles. The van der Waals surface area contributed by atoms with E-state index in [-0.39, 0.29) is 12.4 Å². The maximum Gasteiger partial charge on any atom is 0.310 e. The van der Waals surface area contributed by atoms with Crippen molar-refractivity contribution in [2.45, 2.75) is 20.3 Å². The van der Waals surface area contributed by atoms with E-state index < -0.39 is 0 Å². The van der Waals surface area contributed by atoms with Gasteiger partial charge in [-0.2, -0.15) is 0 Å². The molecule has 4 heteroatoms. The molecule has 1 aromatic rings. The van der Waals surface area contributed by atoms with Crippen LogP contribution in [0.2, 0.25) is 0 Å². The standard InChI is InChI=1S/C14H21NO3/c1-11(2)10-17-6-7-18-14(16)9-12-4-3-5-13(15)8-12/h3-5,8,11H,6-7,9-10,15H2,1-2H3. The smallest absolute Gasteiger partial charge is 0.310 e. The van der Waals surface area contributed by atoms with E-state index in [4.69, 9.17) is 15.2 Å². The first kappa shape index (κ1) is 14.5. The first-order valence-electron chi connectivity index (χ1n) is 6.15. The third-order valence-corrected chi connectivity index (χ3v) is 2.24. The van der Waals surface area contributed by atoms with E-state index in [0.717, 1.165) is 5.56 Å². The predicted octanol–water partition coefficient (Wildman–Crippen LogP) is 2.03. The van der Waals surface area contributed by atoms with Gasteiger partial charge in [0.2, 0.25) is 0 Å². The highest BCUT2D eigenvalue weighted by Gasteiger charge is 2.05. The molecule has 4 nitrogen and oxygen atoms in total. The average molecular weight is 251 g/mol. The van der Waals surface area contributed by atoms with Crippen LogP contribution in [0.1, 0.15) is 19.4 Å². The molecule has 0 spiro atoms. The highest BCUT2D eigenvalue weighted by atomic mass is 16.6. The lowest BCUT2D eigenvalue weighted by Gasteiger charge is -2.08. The number of rotatable bonds is 7. The van der Waals surface area contributed by atoms with Crippen LogP contribution in [0.25, 0.3) is 0 Å². The van der Waals surface area contributed by atoms with E-state index in [9.17, 15) is 4.79 Å². The van der Waals surface area contributed by atoms with Gasteiger partial charge in [0.15, 0.2) is 0 Å². The molecular weight excluding hydrogens is 230 g/mol. The Morgan fingerprint density at radius 3 is 2.78 bits per heavy atom. The van der Waals surface area contributed by atoms with Crippen molar-refractivity contribution in [2.75, 3.05) is 25.6 Å². The van der Waals surface area contributed by atoms with E-state index in [1.54, 1.807) is 12.1 Å². The first-order valence-corrected chi connectivity index (χ1v) is 6.15. The zero-order chi connectivity index (χ0) is 13.4. The fraction of sp³-hybridized carbons (Fsp3) is 0.500. The van der Waals surface area contributed by atoms with Crippen LogP contribution in [0.3, 0.4) is 0 Å². The van der Waals surface area contributed by atoms with Gasteiger partial charge < -0.3 is 15.2 Å². The van der Waals surface area contributed by atoms with Crippen molar-refractivity contribution in [1.82, 2.24) is 0 Å². The van der Waals surface area contributed by atoms with Gasteiger partial charge in [0.25, 0.3) is 0 Å². The fourth-order valence-electron chi connectivity index (χ4n) is 1.45. The van der Waals surface area contributed by atoms with E-state index in [1.165, 1.54) is 0 Å². The van der Waals surface area contributed by atoms with E-state index >= 15 is 0 Å². The molecule has 0 atom stereocenters. The van der Waals surface area contributed by atoms with Crippen LogP contribution < -0.4 is 5.73 Å². The minimum absolute atomic E-state index is 0.245. The number of ether oxygens (including phenoxy) is 2. The molecular formula is C14H21NO3. The molecule has 0 saturated carbocycles. The number of hydrogen-bond acceptors (Lipinski definition) is 4. The van der Waals surface area contributed by atoms with Gasteiger partial charge in [-0.1, -0.05) is 26.0 Å². The molecule has 2 N–H and O–H groups in total. The summed E-state index contributed by atoms with van der Waals surface area (Å²) in [7, 11) is 0. The second-order valence-electron chi connectivity index (χ2n) is 4.61. The number of benzene rings is 1. The monoisotopic (exact) mass is 251 g/mol. The molecule has 0 aromatic heterocycles. The molecule has 0 heterocycles. The summed E-state index contributed by atoms with van der Waals surface area (Å²) in [6.07, 6.45) is 0.245. The van der Waals surface area contributed by atoms with Crippen LogP contribution in [0.5, 0.6) is 0 Å². The number of esters is 1. The Morgan fingerprint density at radius 2 is 2.11 bits per heavy atom. The van der Waals surface area contributed by atoms with E-state index in [0.29, 0.717) is 31.4 Å². The molecule has 0 bridgehead atoms. The number of carbonyl (C=O) groups excluding carboxylic acids is 1. The van der Waals surface area contributed by atoms with Crippen LogP contribution in [-0.4, -0.2) is 25.8 Å². The van der Waals surface area contributed by atoms with Crippen molar-refractivity contribution in [2.24, 2.45) is 5.92 Å². The maximum atomic E-state index is 11.5. The molecule has 1 aromatic carbocycles. The lowest BCUT2D eigenvalue weighted by molar-refractivity contribution is -0.144. The van der Waals surface area contributed by atoms with Crippen LogP contribution in [-0.2, 0) is 20.7 Å². The van der Waals surface area contributed by atoms with Crippen molar-refractivity contribution in [3.63, 3.8) is 0 Å². The zero-order valence-electron chi connectivity index (χ0n) is 11.0. The largest absolute Gasteiger partial charge is 0.463 e. The minimum atomic E-state index is -0.256. The molecule has 0 saturated heterocycles. The van der Waals surface area contributed by atoms with Crippen molar-refractivity contribution in [1.29, 1.82) is 0 Å². The summed E-state index contributed by atoms with van der Waals surface area (Å²) in [6.45, 7) is 5.58. The van der Waals surface area contributed by atoms with E-state index in [2.05, 4.69) is 13.8 Å². The van der Waals surface area contributed by atoms with Crippen LogP contribution in [0.4, 0.5) is 5.69 Å². The van der Waals surface area contributed by atoms with Gasteiger partial charge in [-0.3, -0.25) is 4.79 Å². The van der Waals surface area contributed by atoms with Crippen LogP contribution >= 0.6 is 0 Å². The molecule has 100 valence electrons. The van der Waals surface area contributed by atoms with Gasteiger partial charge in [0.1, 0.15) is 6.61 Å². The van der Waals surface area contributed by atoms with Gasteiger partial charge in [0, 0.05) is 12.3 Å². The molecule has 0 aliphatic heterocycles. The Labute approximate surface area is 108 Å². The number of hydrogen-bond donors (Lipinski definition) is 1. The maximum absolute atomic E-state index is 11.5. The van der Waals surface area contributed by atoms with Gasteiger partial charge >= 0.3 is 5.97 Å². The topological polar surface area (TPSA) is 61.5 Å². The summed E-state index contributed by atoms with van der Waals surface area (Å²) in [4.78, 5) is 11.5. The Kier molecular flexibility index (Phi) is 6.22. The molecule has 1 rings (SSSR count). The highest BCUT2D eigenvalue weighted by molar-refractivity contribution is 5.72. The van der Waals surface area contributed by atoms with Gasteiger partial charge in [-0.25, -0.2) is 0 Å². The molecule has 0 unspecified atom stereocenters. The molecule has 0 aliphatic rings. The third-order valence-electron chi connectivity index (χ3n) is 2.24. The Hall–Kier alpha value is -1.55. The second-order valence-corrected chi connectivity index (χ2v) is 4.61. The van der Waals surface area contributed by atoms with Crippen molar-refractivity contribution >= 4 is 11.7 Å². The van der Waals surface area contributed by atoms with E-state index in [1.807, 2.05) is 12.1 Å². The lowest BCUT2D eigenvalue weighted by atomic mass is 10.1. The van der Waals surface area contributed by atoms with Crippen LogP contribution in [0, 0.1) is 5.92 Å². The van der Waals surface area contributed by atoms with Crippen molar-refractivity contribution < 1.29 is 14.3 Å². The SMILES string of the molecule is CC(C)COCCOC(=O)Cc1cccc(N)c1. The summed E-state index contributed by atoms with van der Waals surface area (Å²) in [6, 6.07) is 7.24. The third kappa shape index (κ3) is 6.25. The number of nitrogens with two attached hydrogens (primary N) is 1. The van der Waals surface area contributed by atoms with Gasteiger partial charge in [-0.05, 0) is 23.6 Å². The normalized spacial score (nSPS) is 10.6. The summed E-state index contributed by atoms with van der Waals surface area (Å²) < 4.78 is 10.4. The Bertz CT molecular complexity index is 377. The van der Waals surface area contributed by atoms with Crippen molar-refractivity contribution in [3.05, 3.63) is 29.8 Å². The minimum Gasteiger partial charge on any atom is -0.463 e.